The highest BCUT2D eigenvalue weighted by Crippen LogP contribution is 2.70. The van der Waals surface area contributed by atoms with Gasteiger partial charge < -0.3 is 9.90 Å². The van der Waals surface area contributed by atoms with Gasteiger partial charge in [0.05, 0.1) is 5.60 Å². The molecule has 0 aromatic heterocycles. The van der Waals surface area contributed by atoms with Crippen molar-refractivity contribution >= 4 is 6.29 Å². The zero-order valence-corrected chi connectivity index (χ0v) is 15.4. The van der Waals surface area contributed by atoms with Crippen LogP contribution in [-0.4, -0.2) is 17.0 Å². The van der Waals surface area contributed by atoms with E-state index in [4.69, 9.17) is 0 Å². The van der Waals surface area contributed by atoms with Crippen LogP contribution in [0.1, 0.15) is 71.6 Å². The van der Waals surface area contributed by atoms with Crippen LogP contribution in [0.3, 0.4) is 0 Å². The molecule has 5 aliphatic carbocycles. The monoisotopic (exact) mass is 330 g/mol. The molecule has 5 aliphatic rings. The Morgan fingerprint density at radius 1 is 0.875 bits per heavy atom. The molecule has 134 valence electrons. The fourth-order valence-electron chi connectivity index (χ4n) is 8.38. The summed E-state index contributed by atoms with van der Waals surface area (Å²) in [6.45, 7) is 4.52. The number of hydrogen-bond acceptors (Lipinski definition) is 2. The fourth-order valence-corrected chi connectivity index (χ4v) is 8.38. The van der Waals surface area contributed by atoms with Crippen LogP contribution in [0.25, 0.3) is 0 Å². The molecule has 2 nitrogen and oxygen atoms in total. The van der Waals surface area contributed by atoms with Crippen molar-refractivity contribution in [2.24, 2.45) is 52.8 Å². The normalized spacial score (nSPS) is 61.8. The zero-order valence-electron chi connectivity index (χ0n) is 15.4. The molecule has 24 heavy (non-hydrogen) atoms. The molecule has 1 N–H and O–H groups in total. The lowest BCUT2D eigenvalue weighted by atomic mass is 9.45. The summed E-state index contributed by atoms with van der Waals surface area (Å²) in [5.74, 6) is 6.38. The van der Waals surface area contributed by atoms with Gasteiger partial charge in [-0.1, -0.05) is 6.92 Å². The molecule has 0 heterocycles. The summed E-state index contributed by atoms with van der Waals surface area (Å²) < 4.78 is 0. The minimum absolute atomic E-state index is 0.299. The van der Waals surface area contributed by atoms with E-state index in [0.717, 1.165) is 54.3 Å². The molecular weight excluding hydrogens is 296 g/mol. The molecule has 2 heteroatoms. The molecular formula is C22H34O2. The molecule has 0 spiro atoms. The lowest BCUT2D eigenvalue weighted by Gasteiger charge is -2.60. The number of aliphatic hydroxyl groups is 1. The largest absolute Gasteiger partial charge is 0.390 e. The van der Waals surface area contributed by atoms with E-state index >= 15 is 0 Å². The predicted octanol–water partition coefficient (Wildman–Crippen LogP) is 4.45. The van der Waals surface area contributed by atoms with Crippen LogP contribution in [0.4, 0.5) is 0 Å². The van der Waals surface area contributed by atoms with Gasteiger partial charge in [-0.25, -0.2) is 0 Å². The summed E-state index contributed by atoms with van der Waals surface area (Å²) in [5.41, 5.74) is -0.111. The average molecular weight is 331 g/mol. The van der Waals surface area contributed by atoms with E-state index in [9.17, 15) is 9.90 Å². The summed E-state index contributed by atoms with van der Waals surface area (Å²) in [5, 5.41) is 10.5. The first-order valence-corrected chi connectivity index (χ1v) is 10.6. The predicted molar refractivity (Wildman–Crippen MR) is 94.3 cm³/mol. The second-order valence-corrected chi connectivity index (χ2v) is 10.8. The van der Waals surface area contributed by atoms with E-state index in [1.807, 2.05) is 0 Å². The number of rotatable bonds is 1. The molecule has 0 radical (unpaired) electrons. The van der Waals surface area contributed by atoms with Crippen LogP contribution in [0.15, 0.2) is 0 Å². The number of hydrogen-bond donors (Lipinski definition) is 1. The van der Waals surface area contributed by atoms with Gasteiger partial charge in [0.1, 0.15) is 6.29 Å². The third-order valence-corrected chi connectivity index (χ3v) is 9.54. The van der Waals surface area contributed by atoms with Gasteiger partial charge >= 0.3 is 0 Å². The van der Waals surface area contributed by atoms with Gasteiger partial charge in [0.15, 0.2) is 0 Å². The minimum atomic E-state index is -0.410. The summed E-state index contributed by atoms with van der Waals surface area (Å²) in [6, 6.07) is 0. The van der Waals surface area contributed by atoms with Crippen molar-refractivity contribution in [1.29, 1.82) is 0 Å². The van der Waals surface area contributed by atoms with E-state index in [-0.39, 0.29) is 0 Å². The third-order valence-electron chi connectivity index (χ3n) is 9.54. The molecule has 0 aliphatic heterocycles. The van der Waals surface area contributed by atoms with Crippen LogP contribution in [0.5, 0.6) is 0 Å². The maximum Gasteiger partial charge on any atom is 0.123 e. The highest BCUT2D eigenvalue weighted by atomic mass is 16.3. The maximum atomic E-state index is 11.8. The van der Waals surface area contributed by atoms with Crippen LogP contribution >= 0.6 is 0 Å². The summed E-state index contributed by atoms with van der Waals surface area (Å²) in [7, 11) is 0. The number of carbonyl (C=O) groups is 1. The quantitative estimate of drug-likeness (QED) is 0.721. The van der Waals surface area contributed by atoms with Gasteiger partial charge in [0.25, 0.3) is 0 Å². The van der Waals surface area contributed by atoms with Crippen molar-refractivity contribution in [3.8, 4) is 0 Å². The zero-order chi connectivity index (χ0) is 16.7. The van der Waals surface area contributed by atoms with Gasteiger partial charge in [-0.05, 0) is 112 Å². The minimum Gasteiger partial charge on any atom is -0.390 e. The van der Waals surface area contributed by atoms with E-state index in [0.29, 0.717) is 11.3 Å². The Labute approximate surface area is 146 Å². The van der Waals surface area contributed by atoms with Crippen molar-refractivity contribution in [1.82, 2.24) is 0 Å². The number of carbonyl (C=O) groups excluding carboxylic acids is 1. The number of aldehydes is 1. The SMILES string of the molecule is C[C@@]1(O)CC[C@H]2[C@H](CC[C@@H]3[C@@H]2CC[C@@]2(C)[C@H]3[C@@H]3C[C@@H]3C[C@@H]2C=O)C1. The highest BCUT2D eigenvalue weighted by Gasteiger charge is 2.64. The van der Waals surface area contributed by atoms with E-state index in [1.165, 1.54) is 51.2 Å². The molecule has 0 unspecified atom stereocenters. The van der Waals surface area contributed by atoms with Gasteiger partial charge in [-0.2, -0.15) is 0 Å². The molecule has 5 saturated carbocycles. The second kappa shape index (κ2) is 5.09. The fraction of sp³-hybridized carbons (Fsp3) is 0.955. The Morgan fingerprint density at radius 2 is 1.67 bits per heavy atom. The molecule has 10 atom stereocenters. The second-order valence-electron chi connectivity index (χ2n) is 10.8. The smallest absolute Gasteiger partial charge is 0.123 e. The van der Waals surface area contributed by atoms with Crippen LogP contribution < -0.4 is 0 Å². The van der Waals surface area contributed by atoms with Crippen LogP contribution in [0, 0.1) is 52.8 Å². The molecule has 5 fully saturated rings. The van der Waals surface area contributed by atoms with Crippen molar-refractivity contribution in [2.75, 3.05) is 0 Å². The van der Waals surface area contributed by atoms with E-state index in [2.05, 4.69) is 13.8 Å². The first kappa shape index (κ1) is 15.9. The summed E-state index contributed by atoms with van der Waals surface area (Å²) in [6.07, 6.45) is 12.5. The molecule has 0 saturated heterocycles. The van der Waals surface area contributed by atoms with Crippen LogP contribution in [0.2, 0.25) is 0 Å². The van der Waals surface area contributed by atoms with Crippen molar-refractivity contribution in [3.05, 3.63) is 0 Å². The summed E-state index contributed by atoms with van der Waals surface area (Å²) in [4.78, 5) is 11.8. The van der Waals surface area contributed by atoms with E-state index in [1.54, 1.807) is 0 Å². The molecule has 0 aromatic carbocycles. The Hall–Kier alpha value is -0.370. The maximum absolute atomic E-state index is 11.8. The van der Waals surface area contributed by atoms with Crippen LogP contribution in [-0.2, 0) is 4.79 Å². The standard InChI is InChI=1S/C22H34O2/c1-21(24)7-5-16-13(11-21)3-4-18-17(16)6-8-22(2)15(12-23)9-14-10-19(14)20(18)22/h12-20,24H,3-11H2,1-2H3/t13-,14+,15-,16+,17-,18-,19-,20-,21-,22-/m1/s1. The van der Waals surface area contributed by atoms with Crippen molar-refractivity contribution in [2.45, 2.75) is 77.2 Å². The van der Waals surface area contributed by atoms with Crippen molar-refractivity contribution in [3.63, 3.8) is 0 Å². The molecule has 5 rings (SSSR count). The van der Waals surface area contributed by atoms with Gasteiger partial charge in [-0.15, -0.1) is 0 Å². The molecule has 0 amide bonds. The van der Waals surface area contributed by atoms with E-state index < -0.39 is 5.60 Å². The Balaban J connectivity index is 1.43. The Bertz CT molecular complexity index is 540. The number of fused-ring (bicyclic) bond motifs is 7. The Morgan fingerprint density at radius 3 is 2.46 bits per heavy atom. The average Bonchev–Trinajstić information content (AvgIpc) is 3.30. The summed E-state index contributed by atoms with van der Waals surface area (Å²) >= 11 is 0. The van der Waals surface area contributed by atoms with Gasteiger partial charge in [0.2, 0.25) is 0 Å². The highest BCUT2D eigenvalue weighted by molar-refractivity contribution is 5.56. The van der Waals surface area contributed by atoms with Gasteiger partial charge in [-0.3, -0.25) is 0 Å². The lowest BCUT2D eigenvalue weighted by Crippen LogP contribution is -2.54. The topological polar surface area (TPSA) is 37.3 Å². The third kappa shape index (κ3) is 2.14. The Kier molecular flexibility index (Phi) is 3.36. The molecule has 0 bridgehead atoms. The molecule has 0 aromatic rings. The lowest BCUT2D eigenvalue weighted by molar-refractivity contribution is -0.141. The first-order chi connectivity index (χ1) is 11.4. The first-order valence-electron chi connectivity index (χ1n) is 10.6. The van der Waals surface area contributed by atoms with Gasteiger partial charge in [0, 0.05) is 5.92 Å². The van der Waals surface area contributed by atoms with Crippen molar-refractivity contribution < 1.29 is 9.90 Å².